The molecule has 1 aliphatic rings. The van der Waals surface area contributed by atoms with E-state index in [9.17, 15) is 13.2 Å². The van der Waals surface area contributed by atoms with Crippen molar-refractivity contribution in [1.82, 2.24) is 9.62 Å². The van der Waals surface area contributed by atoms with E-state index >= 15 is 0 Å². The fourth-order valence-corrected chi connectivity index (χ4v) is 6.11. The maximum Gasteiger partial charge on any atom is 0.254 e. The Morgan fingerprint density at radius 3 is 2.89 bits per heavy atom. The maximum absolute atomic E-state index is 12.5. The molecule has 1 aromatic rings. The molecule has 2 heterocycles. The number of amides is 1. The molecule has 0 saturated carbocycles. The largest absolute Gasteiger partial charge is 0.358 e. The highest BCUT2D eigenvalue weighted by Crippen LogP contribution is 2.33. The van der Waals surface area contributed by atoms with Crippen molar-refractivity contribution in [2.24, 2.45) is 0 Å². The Balaban J connectivity index is 2.36. The van der Waals surface area contributed by atoms with Gasteiger partial charge < -0.3 is 5.32 Å². The Bertz CT molecular complexity index is 555. The van der Waals surface area contributed by atoms with Crippen LogP contribution in [0.1, 0.15) is 12.8 Å². The van der Waals surface area contributed by atoms with Gasteiger partial charge in [0.1, 0.15) is 10.3 Å². The second-order valence-corrected chi connectivity index (χ2v) is 7.80. The Hall–Kier alpha value is -0.440. The molecule has 2 rings (SSSR count). The minimum atomic E-state index is -3.59. The number of carbonyl (C=O) groups is 1. The van der Waals surface area contributed by atoms with Gasteiger partial charge in [-0.2, -0.15) is 4.31 Å². The van der Waals surface area contributed by atoms with Crippen molar-refractivity contribution in [1.29, 1.82) is 0 Å². The van der Waals surface area contributed by atoms with Crippen LogP contribution in [0, 0.1) is 0 Å². The first-order chi connectivity index (χ1) is 8.48. The van der Waals surface area contributed by atoms with Crippen molar-refractivity contribution in [3.63, 3.8) is 0 Å². The van der Waals surface area contributed by atoms with Crippen molar-refractivity contribution in [2.45, 2.75) is 23.1 Å². The van der Waals surface area contributed by atoms with Crippen molar-refractivity contribution < 1.29 is 13.2 Å². The highest BCUT2D eigenvalue weighted by Gasteiger charge is 2.40. The number of hydrogen-bond acceptors (Lipinski definition) is 4. The van der Waals surface area contributed by atoms with E-state index in [2.05, 4.69) is 21.2 Å². The Morgan fingerprint density at radius 2 is 2.33 bits per heavy atom. The lowest BCUT2D eigenvalue weighted by molar-refractivity contribution is -0.123. The number of likely N-dealkylation sites (N-methyl/N-ethyl adjacent to an activating group) is 1. The van der Waals surface area contributed by atoms with Crippen LogP contribution in [-0.2, 0) is 14.8 Å². The summed E-state index contributed by atoms with van der Waals surface area (Å²) in [5.74, 6) is -0.247. The molecule has 1 atom stereocenters. The molecule has 1 amide bonds. The van der Waals surface area contributed by atoms with Crippen LogP contribution in [0.2, 0.25) is 0 Å². The van der Waals surface area contributed by atoms with Crippen LogP contribution in [0.5, 0.6) is 0 Å². The molecule has 1 N–H and O–H groups in total. The van der Waals surface area contributed by atoms with Crippen LogP contribution in [0.15, 0.2) is 20.1 Å². The molecule has 0 radical (unpaired) electrons. The zero-order valence-corrected chi connectivity index (χ0v) is 12.9. The summed E-state index contributed by atoms with van der Waals surface area (Å²) in [7, 11) is -2.07. The van der Waals surface area contributed by atoms with Gasteiger partial charge in [-0.3, -0.25) is 4.79 Å². The van der Waals surface area contributed by atoms with Gasteiger partial charge >= 0.3 is 0 Å². The van der Waals surface area contributed by atoms with Gasteiger partial charge in [0.05, 0.1) is 0 Å². The van der Waals surface area contributed by atoms with Crippen LogP contribution in [0.4, 0.5) is 0 Å². The number of halogens is 1. The summed E-state index contributed by atoms with van der Waals surface area (Å²) in [4.78, 5) is 11.7. The highest BCUT2D eigenvalue weighted by molar-refractivity contribution is 9.10. The van der Waals surface area contributed by atoms with Crippen molar-refractivity contribution >= 4 is 43.2 Å². The van der Waals surface area contributed by atoms with E-state index in [1.807, 2.05) is 0 Å². The van der Waals surface area contributed by atoms with E-state index in [-0.39, 0.29) is 10.1 Å². The molecule has 5 nitrogen and oxygen atoms in total. The van der Waals surface area contributed by atoms with E-state index in [1.165, 1.54) is 11.4 Å². The van der Waals surface area contributed by atoms with Crippen LogP contribution in [0.25, 0.3) is 0 Å². The molecule has 1 fully saturated rings. The third-order valence-corrected chi connectivity index (χ3v) is 7.44. The molecule has 100 valence electrons. The van der Waals surface area contributed by atoms with Gasteiger partial charge in [-0.1, -0.05) is 0 Å². The third-order valence-electron chi connectivity index (χ3n) is 2.88. The maximum atomic E-state index is 12.5. The van der Waals surface area contributed by atoms with E-state index in [1.54, 1.807) is 11.4 Å². The molecule has 0 bridgehead atoms. The summed E-state index contributed by atoms with van der Waals surface area (Å²) >= 11 is 4.38. The Morgan fingerprint density at radius 1 is 1.61 bits per heavy atom. The number of nitrogens with one attached hydrogen (secondary N) is 1. The second kappa shape index (κ2) is 5.28. The molecule has 0 aliphatic carbocycles. The minimum absolute atomic E-state index is 0.247. The number of thiophene rings is 1. The number of nitrogens with zero attached hydrogens (tertiary/aromatic N) is 1. The van der Waals surface area contributed by atoms with Crippen LogP contribution < -0.4 is 5.32 Å². The lowest BCUT2D eigenvalue weighted by Gasteiger charge is -2.22. The molecule has 0 aromatic carbocycles. The normalized spacial score (nSPS) is 21.1. The summed E-state index contributed by atoms with van der Waals surface area (Å²) in [5, 5.41) is 4.23. The molecule has 18 heavy (non-hydrogen) atoms. The highest BCUT2D eigenvalue weighted by atomic mass is 79.9. The van der Waals surface area contributed by atoms with Crippen molar-refractivity contribution in [3.05, 3.63) is 15.9 Å². The van der Waals surface area contributed by atoms with Crippen molar-refractivity contribution in [2.75, 3.05) is 13.6 Å². The quantitative estimate of drug-likeness (QED) is 0.894. The predicted molar refractivity (Wildman–Crippen MR) is 73.0 cm³/mol. The second-order valence-electron chi connectivity index (χ2n) is 3.94. The molecule has 1 saturated heterocycles. The topological polar surface area (TPSA) is 66.5 Å². The molecule has 1 aromatic heterocycles. The van der Waals surface area contributed by atoms with Gasteiger partial charge in [0, 0.05) is 18.1 Å². The average Bonchev–Trinajstić information content (AvgIpc) is 2.96. The van der Waals surface area contributed by atoms with E-state index in [4.69, 9.17) is 0 Å². The first-order valence-electron chi connectivity index (χ1n) is 5.45. The zero-order valence-electron chi connectivity index (χ0n) is 9.72. The monoisotopic (exact) mass is 352 g/mol. The van der Waals surface area contributed by atoms with E-state index in [0.29, 0.717) is 23.9 Å². The average molecular weight is 353 g/mol. The van der Waals surface area contributed by atoms with Gasteiger partial charge in [-0.05, 0) is 40.2 Å². The van der Waals surface area contributed by atoms with Crippen LogP contribution >= 0.6 is 27.3 Å². The third kappa shape index (κ3) is 2.34. The molecular weight excluding hydrogens is 340 g/mol. The number of sulfonamides is 1. The fourth-order valence-electron chi connectivity index (χ4n) is 2.03. The summed E-state index contributed by atoms with van der Waals surface area (Å²) in [6.07, 6.45) is 1.28. The van der Waals surface area contributed by atoms with Gasteiger partial charge in [0.15, 0.2) is 0 Å². The standard InChI is InChI=1S/C10H13BrN2O3S2/c1-12-9(14)8-3-2-5-13(8)18(15,16)10-7(11)4-6-17-10/h4,6,8H,2-3,5H2,1H3,(H,12,14). The van der Waals surface area contributed by atoms with Crippen LogP contribution in [-0.4, -0.2) is 38.3 Å². The van der Waals surface area contributed by atoms with E-state index < -0.39 is 16.1 Å². The summed E-state index contributed by atoms with van der Waals surface area (Å²) < 4.78 is 27.1. The minimum Gasteiger partial charge on any atom is -0.358 e. The summed E-state index contributed by atoms with van der Waals surface area (Å²) in [6, 6.07) is 1.11. The van der Waals surface area contributed by atoms with Crippen molar-refractivity contribution in [3.8, 4) is 0 Å². The van der Waals surface area contributed by atoms with Crippen LogP contribution in [0.3, 0.4) is 0 Å². The lowest BCUT2D eigenvalue weighted by Crippen LogP contribution is -2.44. The molecular formula is C10H13BrN2O3S2. The summed E-state index contributed by atoms with van der Waals surface area (Å²) in [6.45, 7) is 0.394. The molecule has 8 heteroatoms. The van der Waals surface area contributed by atoms with Gasteiger partial charge in [0.2, 0.25) is 5.91 Å². The Kier molecular flexibility index (Phi) is 4.10. The SMILES string of the molecule is CNC(=O)C1CCCN1S(=O)(=O)c1sccc1Br. The van der Waals surface area contributed by atoms with Gasteiger partial charge in [-0.15, -0.1) is 11.3 Å². The summed E-state index contributed by atoms with van der Waals surface area (Å²) in [5.41, 5.74) is 0. The number of hydrogen-bond donors (Lipinski definition) is 1. The zero-order chi connectivity index (χ0) is 13.3. The fraction of sp³-hybridized carbons (Fsp3) is 0.500. The molecule has 1 aliphatic heterocycles. The smallest absolute Gasteiger partial charge is 0.254 e. The molecule has 0 spiro atoms. The first-order valence-corrected chi connectivity index (χ1v) is 8.56. The van der Waals surface area contributed by atoms with Gasteiger partial charge in [0.25, 0.3) is 10.0 Å². The lowest BCUT2D eigenvalue weighted by atomic mass is 10.2. The predicted octanol–water partition coefficient (Wildman–Crippen LogP) is 1.41. The van der Waals surface area contributed by atoms with E-state index in [0.717, 1.165) is 11.3 Å². The number of rotatable bonds is 3. The first kappa shape index (κ1) is 14.0. The Labute approximate surface area is 118 Å². The number of carbonyl (C=O) groups excluding carboxylic acids is 1. The van der Waals surface area contributed by atoms with Gasteiger partial charge in [-0.25, -0.2) is 8.42 Å². The molecule has 1 unspecified atom stereocenters.